The fourth-order valence-corrected chi connectivity index (χ4v) is 2.19. The second kappa shape index (κ2) is 9.54. The van der Waals surface area contributed by atoms with Gasteiger partial charge in [-0.1, -0.05) is 51.9 Å². The van der Waals surface area contributed by atoms with Crippen molar-refractivity contribution in [2.75, 3.05) is 5.73 Å². The fraction of sp³-hybridized carbons (Fsp3) is 0.625. The summed E-state index contributed by atoms with van der Waals surface area (Å²) in [6, 6.07) is 3.48. The fourth-order valence-electron chi connectivity index (χ4n) is 2.19. The summed E-state index contributed by atoms with van der Waals surface area (Å²) >= 11 is 0. The number of aromatic nitrogens is 1. The average molecular weight is 262 g/mol. The maximum absolute atomic E-state index is 11.9. The third-order valence-electron chi connectivity index (χ3n) is 3.36. The Labute approximate surface area is 116 Å². The molecule has 0 saturated heterocycles. The zero-order valence-corrected chi connectivity index (χ0v) is 12.0. The smallest absolute Gasteiger partial charge is 0.183 e. The Bertz CT molecular complexity index is 377. The predicted molar refractivity (Wildman–Crippen MR) is 80.2 cm³/mol. The van der Waals surface area contributed by atoms with E-state index in [1.165, 1.54) is 38.5 Å². The van der Waals surface area contributed by atoms with Crippen LogP contribution >= 0.6 is 0 Å². The first-order chi connectivity index (χ1) is 9.25. The Morgan fingerprint density at radius 3 is 2.37 bits per heavy atom. The SMILES string of the molecule is CCCCCCCCCCC(=O)c1ncccc1N. The molecule has 0 aliphatic carbocycles. The van der Waals surface area contributed by atoms with Gasteiger partial charge in [0.05, 0.1) is 5.69 Å². The van der Waals surface area contributed by atoms with Gasteiger partial charge in [0.2, 0.25) is 0 Å². The number of hydrogen-bond acceptors (Lipinski definition) is 3. The molecular weight excluding hydrogens is 236 g/mol. The summed E-state index contributed by atoms with van der Waals surface area (Å²) in [5.41, 5.74) is 6.66. The van der Waals surface area contributed by atoms with Gasteiger partial charge in [-0.3, -0.25) is 9.78 Å². The number of carbonyl (C=O) groups excluding carboxylic acids is 1. The lowest BCUT2D eigenvalue weighted by Crippen LogP contribution is -2.06. The van der Waals surface area contributed by atoms with Crippen molar-refractivity contribution in [3.8, 4) is 0 Å². The first kappa shape index (κ1) is 15.7. The number of ketones is 1. The molecule has 0 aromatic carbocycles. The molecule has 1 aromatic rings. The molecule has 0 radical (unpaired) electrons. The molecule has 0 bridgehead atoms. The van der Waals surface area contributed by atoms with Crippen molar-refractivity contribution in [1.82, 2.24) is 4.98 Å². The maximum atomic E-state index is 11.9. The molecule has 19 heavy (non-hydrogen) atoms. The molecule has 0 aliphatic rings. The monoisotopic (exact) mass is 262 g/mol. The van der Waals surface area contributed by atoms with Crippen LogP contribution < -0.4 is 5.73 Å². The molecule has 0 aliphatic heterocycles. The molecule has 0 fully saturated rings. The highest BCUT2D eigenvalue weighted by atomic mass is 16.1. The van der Waals surface area contributed by atoms with Crippen LogP contribution in [0.4, 0.5) is 5.69 Å². The van der Waals surface area contributed by atoms with E-state index in [0.29, 0.717) is 17.8 Å². The number of nitrogen functional groups attached to an aromatic ring is 1. The Hall–Kier alpha value is -1.38. The zero-order chi connectivity index (χ0) is 13.9. The van der Waals surface area contributed by atoms with Gasteiger partial charge in [-0.05, 0) is 18.6 Å². The maximum Gasteiger partial charge on any atom is 0.183 e. The molecule has 1 heterocycles. The van der Waals surface area contributed by atoms with Crippen LogP contribution in [-0.2, 0) is 0 Å². The average Bonchev–Trinajstić information content (AvgIpc) is 2.42. The lowest BCUT2D eigenvalue weighted by Gasteiger charge is -2.03. The van der Waals surface area contributed by atoms with Gasteiger partial charge >= 0.3 is 0 Å². The van der Waals surface area contributed by atoms with Crippen molar-refractivity contribution < 1.29 is 4.79 Å². The van der Waals surface area contributed by atoms with Crippen molar-refractivity contribution in [1.29, 1.82) is 0 Å². The van der Waals surface area contributed by atoms with Crippen LogP contribution in [-0.4, -0.2) is 10.8 Å². The van der Waals surface area contributed by atoms with E-state index in [4.69, 9.17) is 5.73 Å². The Morgan fingerprint density at radius 1 is 1.11 bits per heavy atom. The first-order valence-electron chi connectivity index (χ1n) is 7.49. The van der Waals surface area contributed by atoms with Crippen molar-refractivity contribution in [2.24, 2.45) is 0 Å². The van der Waals surface area contributed by atoms with E-state index in [1.54, 1.807) is 18.3 Å². The highest BCUT2D eigenvalue weighted by Crippen LogP contribution is 2.14. The van der Waals surface area contributed by atoms with Gasteiger partial charge in [0.15, 0.2) is 5.78 Å². The molecule has 3 nitrogen and oxygen atoms in total. The van der Waals surface area contributed by atoms with Gasteiger partial charge in [-0.2, -0.15) is 0 Å². The van der Waals surface area contributed by atoms with Crippen molar-refractivity contribution in [3.05, 3.63) is 24.0 Å². The van der Waals surface area contributed by atoms with E-state index in [1.807, 2.05) is 0 Å². The predicted octanol–water partition coefficient (Wildman–Crippen LogP) is 4.38. The molecule has 1 rings (SSSR count). The summed E-state index contributed by atoms with van der Waals surface area (Å²) in [4.78, 5) is 15.9. The van der Waals surface area contributed by atoms with E-state index in [-0.39, 0.29) is 5.78 Å². The number of pyridine rings is 1. The summed E-state index contributed by atoms with van der Waals surface area (Å²) in [5.74, 6) is 0.0732. The highest BCUT2D eigenvalue weighted by molar-refractivity contribution is 5.98. The number of nitrogens with zero attached hydrogens (tertiary/aromatic N) is 1. The third-order valence-corrected chi connectivity index (χ3v) is 3.36. The van der Waals surface area contributed by atoms with Crippen LogP contribution in [0.15, 0.2) is 18.3 Å². The van der Waals surface area contributed by atoms with Crippen LogP contribution in [0.3, 0.4) is 0 Å². The van der Waals surface area contributed by atoms with Crippen LogP contribution in [0.25, 0.3) is 0 Å². The summed E-state index contributed by atoms with van der Waals surface area (Å²) in [7, 11) is 0. The van der Waals surface area contributed by atoms with Gasteiger partial charge < -0.3 is 5.73 Å². The van der Waals surface area contributed by atoms with Crippen molar-refractivity contribution in [3.63, 3.8) is 0 Å². The van der Waals surface area contributed by atoms with Crippen molar-refractivity contribution in [2.45, 2.75) is 64.7 Å². The number of Topliss-reactive ketones (excluding diaryl/α,β-unsaturated/α-hetero) is 1. The van der Waals surface area contributed by atoms with Crippen LogP contribution in [0.1, 0.15) is 75.2 Å². The Kier molecular flexibility index (Phi) is 7.87. The normalized spacial score (nSPS) is 10.6. The summed E-state index contributed by atoms with van der Waals surface area (Å²) in [5, 5.41) is 0. The number of nitrogens with two attached hydrogens (primary N) is 1. The molecule has 0 spiro atoms. The second-order valence-electron chi connectivity index (χ2n) is 5.09. The van der Waals surface area contributed by atoms with Crippen LogP contribution in [0.5, 0.6) is 0 Å². The van der Waals surface area contributed by atoms with Gasteiger partial charge in [0.25, 0.3) is 0 Å². The third kappa shape index (κ3) is 6.37. The standard InChI is InChI=1S/C16H26N2O/c1-2-3-4-5-6-7-8-9-12-15(19)16-14(17)11-10-13-18-16/h10-11,13H,2-9,12,17H2,1H3. The molecule has 2 N–H and O–H groups in total. The van der Waals surface area contributed by atoms with Gasteiger partial charge in [0.1, 0.15) is 5.69 Å². The lowest BCUT2D eigenvalue weighted by atomic mass is 10.0. The van der Waals surface area contributed by atoms with Crippen LogP contribution in [0.2, 0.25) is 0 Å². The summed E-state index contributed by atoms with van der Waals surface area (Å²) < 4.78 is 0. The molecular formula is C16H26N2O. The summed E-state index contributed by atoms with van der Waals surface area (Å²) in [6.45, 7) is 2.23. The first-order valence-corrected chi connectivity index (χ1v) is 7.49. The number of anilines is 1. The number of rotatable bonds is 10. The minimum Gasteiger partial charge on any atom is -0.397 e. The van der Waals surface area contributed by atoms with E-state index in [2.05, 4.69) is 11.9 Å². The number of carbonyl (C=O) groups is 1. The Morgan fingerprint density at radius 2 is 1.74 bits per heavy atom. The van der Waals surface area contributed by atoms with E-state index < -0.39 is 0 Å². The number of unbranched alkanes of at least 4 members (excludes halogenated alkanes) is 7. The molecule has 0 atom stereocenters. The Balaban J connectivity index is 2.10. The van der Waals surface area contributed by atoms with E-state index in [0.717, 1.165) is 12.8 Å². The number of hydrogen-bond donors (Lipinski definition) is 1. The molecule has 0 amide bonds. The topological polar surface area (TPSA) is 56.0 Å². The molecule has 0 saturated carbocycles. The molecule has 106 valence electrons. The zero-order valence-electron chi connectivity index (χ0n) is 12.0. The minimum absolute atomic E-state index is 0.0732. The quantitative estimate of drug-likeness (QED) is 0.503. The van der Waals surface area contributed by atoms with Gasteiger partial charge in [-0.25, -0.2) is 0 Å². The highest BCUT2D eigenvalue weighted by Gasteiger charge is 2.09. The van der Waals surface area contributed by atoms with E-state index in [9.17, 15) is 4.79 Å². The summed E-state index contributed by atoms with van der Waals surface area (Å²) in [6.07, 6.45) is 12.1. The van der Waals surface area contributed by atoms with Crippen LogP contribution in [0, 0.1) is 0 Å². The molecule has 3 heteroatoms. The largest absolute Gasteiger partial charge is 0.397 e. The van der Waals surface area contributed by atoms with Gasteiger partial charge in [-0.15, -0.1) is 0 Å². The van der Waals surface area contributed by atoms with E-state index >= 15 is 0 Å². The van der Waals surface area contributed by atoms with Gasteiger partial charge in [0, 0.05) is 12.6 Å². The molecule has 1 aromatic heterocycles. The molecule has 0 unspecified atom stereocenters. The van der Waals surface area contributed by atoms with Crippen molar-refractivity contribution >= 4 is 11.5 Å². The lowest BCUT2D eigenvalue weighted by molar-refractivity contribution is 0.0975. The minimum atomic E-state index is 0.0732. The second-order valence-corrected chi connectivity index (χ2v) is 5.09.